The van der Waals surface area contributed by atoms with Crippen LogP contribution in [0.5, 0.6) is 0 Å². The van der Waals surface area contributed by atoms with Crippen LogP contribution in [0.15, 0.2) is 30.3 Å². The van der Waals surface area contributed by atoms with Crippen molar-refractivity contribution in [2.75, 3.05) is 0 Å². The SMILES string of the molecule is CCc1cc(F)c(CCC2CCc3cc(C#N)ccc3C2)c(F)c1. The predicted molar refractivity (Wildman–Crippen MR) is 90.7 cm³/mol. The Kier molecular flexibility index (Phi) is 4.94. The summed E-state index contributed by atoms with van der Waals surface area (Å²) in [5.41, 5.74) is 4.14. The van der Waals surface area contributed by atoms with Crippen LogP contribution >= 0.6 is 0 Å². The molecule has 0 heterocycles. The highest BCUT2D eigenvalue weighted by atomic mass is 19.1. The van der Waals surface area contributed by atoms with E-state index in [9.17, 15) is 8.78 Å². The van der Waals surface area contributed by atoms with Gasteiger partial charge in [-0.15, -0.1) is 0 Å². The number of nitriles is 1. The summed E-state index contributed by atoms with van der Waals surface area (Å²) in [6, 6.07) is 10.9. The Balaban J connectivity index is 1.67. The van der Waals surface area contributed by atoms with E-state index in [4.69, 9.17) is 5.26 Å². The second-order valence-corrected chi connectivity index (χ2v) is 6.63. The van der Waals surface area contributed by atoms with E-state index in [1.54, 1.807) is 0 Å². The minimum absolute atomic E-state index is 0.220. The van der Waals surface area contributed by atoms with Crippen molar-refractivity contribution in [2.24, 2.45) is 5.92 Å². The molecule has 0 spiro atoms. The maximum absolute atomic E-state index is 14.1. The fraction of sp³-hybridized carbons (Fsp3) is 0.381. The summed E-state index contributed by atoms with van der Waals surface area (Å²) in [6.45, 7) is 1.89. The van der Waals surface area contributed by atoms with Crippen LogP contribution in [0, 0.1) is 28.9 Å². The highest BCUT2D eigenvalue weighted by molar-refractivity contribution is 5.39. The van der Waals surface area contributed by atoms with Crippen molar-refractivity contribution < 1.29 is 8.78 Å². The van der Waals surface area contributed by atoms with E-state index in [1.807, 2.05) is 25.1 Å². The van der Waals surface area contributed by atoms with E-state index in [1.165, 1.54) is 23.3 Å². The minimum atomic E-state index is -0.415. The molecule has 0 N–H and O–H groups in total. The maximum Gasteiger partial charge on any atom is 0.129 e. The molecule has 1 aliphatic rings. The van der Waals surface area contributed by atoms with Gasteiger partial charge in [0.1, 0.15) is 11.6 Å². The monoisotopic (exact) mass is 325 g/mol. The summed E-state index contributed by atoms with van der Waals surface area (Å²) in [4.78, 5) is 0. The number of halogens is 2. The number of nitrogens with zero attached hydrogens (tertiary/aromatic N) is 1. The number of aryl methyl sites for hydroxylation is 2. The molecule has 0 aliphatic heterocycles. The molecule has 0 amide bonds. The van der Waals surface area contributed by atoms with Gasteiger partial charge in [0.05, 0.1) is 11.6 Å². The van der Waals surface area contributed by atoms with Gasteiger partial charge in [0.25, 0.3) is 0 Å². The molecule has 0 fully saturated rings. The van der Waals surface area contributed by atoms with E-state index in [0.717, 1.165) is 25.7 Å². The summed E-state index contributed by atoms with van der Waals surface area (Å²) in [6.07, 6.45) is 4.75. The molecule has 0 bridgehead atoms. The van der Waals surface area contributed by atoms with Gasteiger partial charge in [-0.05, 0) is 85.4 Å². The topological polar surface area (TPSA) is 23.8 Å². The molecule has 0 aromatic heterocycles. The Hall–Kier alpha value is -2.21. The molecule has 124 valence electrons. The molecular formula is C21H21F2N. The average Bonchev–Trinajstić information content (AvgIpc) is 2.60. The molecule has 1 unspecified atom stereocenters. The first kappa shape index (κ1) is 16.6. The molecule has 3 rings (SSSR count). The fourth-order valence-electron chi connectivity index (χ4n) is 3.59. The van der Waals surface area contributed by atoms with Gasteiger partial charge in [-0.1, -0.05) is 13.0 Å². The quantitative estimate of drug-likeness (QED) is 0.764. The van der Waals surface area contributed by atoms with Crippen molar-refractivity contribution in [1.29, 1.82) is 5.26 Å². The third-order valence-electron chi connectivity index (χ3n) is 5.08. The van der Waals surface area contributed by atoms with Crippen LogP contribution in [0.2, 0.25) is 0 Å². The third kappa shape index (κ3) is 3.48. The van der Waals surface area contributed by atoms with Gasteiger partial charge in [0, 0.05) is 5.56 Å². The fourth-order valence-corrected chi connectivity index (χ4v) is 3.59. The summed E-state index contributed by atoms with van der Waals surface area (Å²) < 4.78 is 28.2. The number of fused-ring (bicyclic) bond motifs is 1. The van der Waals surface area contributed by atoms with E-state index in [-0.39, 0.29) is 5.56 Å². The largest absolute Gasteiger partial charge is 0.207 e. The van der Waals surface area contributed by atoms with E-state index >= 15 is 0 Å². The lowest BCUT2D eigenvalue weighted by Gasteiger charge is -2.25. The zero-order valence-electron chi connectivity index (χ0n) is 13.9. The van der Waals surface area contributed by atoms with Crippen LogP contribution in [0.25, 0.3) is 0 Å². The summed E-state index contributed by atoms with van der Waals surface area (Å²) in [5.74, 6) is -0.390. The zero-order chi connectivity index (χ0) is 17.1. The van der Waals surface area contributed by atoms with Crippen molar-refractivity contribution in [3.63, 3.8) is 0 Å². The van der Waals surface area contributed by atoms with Crippen molar-refractivity contribution >= 4 is 0 Å². The van der Waals surface area contributed by atoms with E-state index < -0.39 is 11.6 Å². The molecular weight excluding hydrogens is 304 g/mol. The van der Waals surface area contributed by atoms with Crippen LogP contribution in [0.1, 0.15) is 47.6 Å². The van der Waals surface area contributed by atoms with Crippen molar-refractivity contribution in [1.82, 2.24) is 0 Å². The van der Waals surface area contributed by atoms with Crippen molar-refractivity contribution in [3.05, 3.63) is 69.8 Å². The predicted octanol–water partition coefficient (Wildman–Crippen LogP) is 5.14. The van der Waals surface area contributed by atoms with Gasteiger partial charge in [-0.2, -0.15) is 5.26 Å². The number of rotatable bonds is 4. The smallest absolute Gasteiger partial charge is 0.129 e. The highest BCUT2D eigenvalue weighted by Gasteiger charge is 2.20. The molecule has 0 saturated heterocycles. The molecule has 1 aliphatic carbocycles. The first-order chi connectivity index (χ1) is 11.6. The van der Waals surface area contributed by atoms with Gasteiger partial charge in [0.15, 0.2) is 0 Å². The third-order valence-corrected chi connectivity index (χ3v) is 5.08. The molecule has 0 radical (unpaired) electrons. The second kappa shape index (κ2) is 7.13. The summed E-state index contributed by atoms with van der Waals surface area (Å²) in [7, 11) is 0. The molecule has 3 heteroatoms. The number of benzene rings is 2. The van der Waals surface area contributed by atoms with Crippen LogP contribution in [-0.4, -0.2) is 0 Å². The van der Waals surface area contributed by atoms with Gasteiger partial charge >= 0.3 is 0 Å². The lowest BCUT2D eigenvalue weighted by Crippen LogP contribution is -2.15. The Morgan fingerprint density at radius 1 is 1.12 bits per heavy atom. The average molecular weight is 325 g/mol. The van der Waals surface area contributed by atoms with Gasteiger partial charge in [0.2, 0.25) is 0 Å². The normalized spacial score (nSPS) is 16.5. The lowest BCUT2D eigenvalue weighted by molar-refractivity contribution is 0.418. The van der Waals surface area contributed by atoms with E-state index in [2.05, 4.69) is 6.07 Å². The first-order valence-electron chi connectivity index (χ1n) is 8.59. The molecule has 1 atom stereocenters. The number of hydrogen-bond donors (Lipinski definition) is 0. The standard InChI is InChI=1S/C21H21F2N/c1-2-14-11-20(22)19(21(23)12-14)8-5-15-3-6-18-10-16(13-24)4-7-17(18)9-15/h4,7,10-12,15H,2-3,5-6,8-9H2,1H3. The lowest BCUT2D eigenvalue weighted by atomic mass is 9.80. The Bertz CT molecular complexity index is 766. The Morgan fingerprint density at radius 3 is 2.54 bits per heavy atom. The Labute approximate surface area is 141 Å². The van der Waals surface area contributed by atoms with Crippen molar-refractivity contribution in [2.45, 2.75) is 45.4 Å². The second-order valence-electron chi connectivity index (χ2n) is 6.63. The number of hydrogen-bond acceptors (Lipinski definition) is 1. The van der Waals surface area contributed by atoms with Crippen LogP contribution in [-0.2, 0) is 25.7 Å². The first-order valence-corrected chi connectivity index (χ1v) is 8.59. The Morgan fingerprint density at radius 2 is 1.88 bits per heavy atom. The van der Waals surface area contributed by atoms with Gasteiger partial charge in [-0.3, -0.25) is 0 Å². The van der Waals surface area contributed by atoms with Crippen LogP contribution in [0.4, 0.5) is 8.78 Å². The maximum atomic E-state index is 14.1. The highest BCUT2D eigenvalue weighted by Crippen LogP contribution is 2.30. The zero-order valence-corrected chi connectivity index (χ0v) is 13.9. The van der Waals surface area contributed by atoms with E-state index in [0.29, 0.717) is 29.9 Å². The summed E-state index contributed by atoms with van der Waals surface area (Å²) in [5, 5.41) is 8.97. The van der Waals surface area contributed by atoms with Crippen LogP contribution in [0.3, 0.4) is 0 Å². The molecule has 2 aromatic carbocycles. The molecule has 2 aromatic rings. The summed E-state index contributed by atoms with van der Waals surface area (Å²) >= 11 is 0. The molecule has 1 nitrogen and oxygen atoms in total. The minimum Gasteiger partial charge on any atom is -0.207 e. The van der Waals surface area contributed by atoms with Crippen LogP contribution < -0.4 is 0 Å². The molecule has 24 heavy (non-hydrogen) atoms. The van der Waals surface area contributed by atoms with Gasteiger partial charge < -0.3 is 0 Å². The van der Waals surface area contributed by atoms with Crippen molar-refractivity contribution in [3.8, 4) is 6.07 Å². The molecule has 0 saturated carbocycles. The van der Waals surface area contributed by atoms with Gasteiger partial charge in [-0.25, -0.2) is 8.78 Å².